The van der Waals surface area contributed by atoms with Crippen LogP contribution in [0.4, 0.5) is 0 Å². The molecule has 1 atom stereocenters. The van der Waals surface area contributed by atoms with Crippen molar-refractivity contribution in [3.63, 3.8) is 0 Å². The first-order valence-corrected chi connectivity index (χ1v) is 18.1. The van der Waals surface area contributed by atoms with Crippen molar-refractivity contribution in [3.8, 4) is 27.9 Å². The average molecular weight is 667 g/mol. The van der Waals surface area contributed by atoms with Crippen LogP contribution in [-0.2, 0) is 12.8 Å². The summed E-state index contributed by atoms with van der Waals surface area (Å²) in [7, 11) is 0. The summed E-state index contributed by atoms with van der Waals surface area (Å²) in [6.07, 6.45) is 12.0. The molecule has 9 aromatic rings. The van der Waals surface area contributed by atoms with Crippen molar-refractivity contribution in [1.82, 2.24) is 19.1 Å². The molecule has 4 nitrogen and oxygen atoms in total. The highest BCUT2D eigenvalue weighted by Gasteiger charge is 2.25. The molecule has 1 unspecified atom stereocenters. The van der Waals surface area contributed by atoms with Crippen molar-refractivity contribution < 1.29 is 0 Å². The fourth-order valence-electron chi connectivity index (χ4n) is 9.01. The molecule has 0 amide bonds. The van der Waals surface area contributed by atoms with E-state index in [0.717, 1.165) is 18.4 Å². The fraction of sp³-hybridized carbons (Fsp3) is 0.0833. The Balaban J connectivity index is 0.995. The smallest absolute Gasteiger partial charge is 0.0571 e. The van der Waals surface area contributed by atoms with Crippen molar-refractivity contribution in [1.29, 1.82) is 0 Å². The fourth-order valence-corrected chi connectivity index (χ4v) is 9.01. The van der Waals surface area contributed by atoms with Gasteiger partial charge in [0.05, 0.1) is 22.1 Å². The lowest BCUT2D eigenvalue weighted by molar-refractivity contribution is 0.716. The van der Waals surface area contributed by atoms with E-state index in [4.69, 9.17) is 0 Å². The zero-order valence-electron chi connectivity index (χ0n) is 28.8. The Labute approximate surface area is 301 Å². The summed E-state index contributed by atoms with van der Waals surface area (Å²) in [5.74, 6) is 0.299. The zero-order chi connectivity index (χ0) is 34.5. The van der Waals surface area contributed by atoms with Crippen molar-refractivity contribution in [2.45, 2.75) is 19.8 Å². The van der Waals surface area contributed by atoms with Crippen LogP contribution in [0.1, 0.15) is 29.2 Å². The Hall–Kier alpha value is -6.52. The second-order valence-electron chi connectivity index (χ2n) is 14.5. The topological polar surface area (TPSA) is 35.6 Å². The van der Waals surface area contributed by atoms with E-state index < -0.39 is 0 Å². The van der Waals surface area contributed by atoms with Gasteiger partial charge in [-0.2, -0.15) is 0 Å². The Morgan fingerprint density at radius 2 is 1.12 bits per heavy atom. The minimum absolute atomic E-state index is 0.299. The van der Waals surface area contributed by atoms with E-state index in [-0.39, 0.29) is 0 Å². The van der Waals surface area contributed by atoms with Crippen LogP contribution >= 0.6 is 0 Å². The van der Waals surface area contributed by atoms with E-state index in [1.54, 1.807) is 0 Å². The number of rotatable bonds is 3. The van der Waals surface area contributed by atoms with Gasteiger partial charge in [0.25, 0.3) is 0 Å². The standard InChI is InChI=1S/C48H34N4/c1-29-22-48(52-45-10-6-4-8-38(45)43-28-50-20-18-47(43)52)30(2)21-33-13-11-31(24-39(29)33)32-12-14-34-23-35-15-16-36(26-41(35)40(34)25-32)51-44-9-5-3-7-37(44)42-27-49-19-17-46(42)51/h3-20,22,24-28,30H,1,21,23H2,2H3. The molecule has 0 fully saturated rings. The molecule has 0 aliphatic heterocycles. The van der Waals surface area contributed by atoms with Gasteiger partial charge in [-0.1, -0.05) is 80.2 Å². The second-order valence-corrected chi connectivity index (χ2v) is 14.5. The van der Waals surface area contributed by atoms with Gasteiger partial charge in [0.2, 0.25) is 0 Å². The lowest BCUT2D eigenvalue weighted by atomic mass is 9.91. The molecular formula is C48H34N4. The first kappa shape index (κ1) is 29.2. The Kier molecular flexibility index (Phi) is 6.18. The van der Waals surface area contributed by atoms with E-state index in [9.17, 15) is 0 Å². The normalized spacial score (nSPS) is 15.2. The molecule has 246 valence electrons. The SMILES string of the molecule is C=C1C=C(n2c3ccccc3c3cnccc32)C(C)Cc2ccc(-c3ccc4c(c3)-c3cc(-n5c6ccccc6c6cnccc65)ccc3C4)cc21. The molecule has 0 saturated heterocycles. The third-order valence-electron chi connectivity index (χ3n) is 11.5. The van der Waals surface area contributed by atoms with Crippen LogP contribution in [0.25, 0.3) is 82.8 Å². The van der Waals surface area contributed by atoms with Gasteiger partial charge in [0, 0.05) is 63.6 Å². The van der Waals surface area contributed by atoms with Crippen LogP contribution in [-0.4, -0.2) is 19.1 Å². The van der Waals surface area contributed by atoms with E-state index in [0.29, 0.717) is 5.92 Å². The summed E-state index contributed by atoms with van der Waals surface area (Å²) in [6, 6.07) is 42.5. The van der Waals surface area contributed by atoms with Crippen molar-refractivity contribution in [2.75, 3.05) is 0 Å². The summed E-state index contributed by atoms with van der Waals surface area (Å²) >= 11 is 0. The lowest BCUT2D eigenvalue weighted by Crippen LogP contribution is -2.08. The predicted octanol–water partition coefficient (Wildman–Crippen LogP) is 11.7. The highest BCUT2D eigenvalue weighted by molar-refractivity contribution is 6.10. The average Bonchev–Trinajstić information content (AvgIpc) is 3.81. The van der Waals surface area contributed by atoms with Gasteiger partial charge >= 0.3 is 0 Å². The van der Waals surface area contributed by atoms with Gasteiger partial charge < -0.3 is 9.13 Å². The summed E-state index contributed by atoms with van der Waals surface area (Å²) in [5.41, 5.74) is 18.7. The largest absolute Gasteiger partial charge is 0.313 e. The number of para-hydroxylation sites is 2. The second kappa shape index (κ2) is 11.0. The van der Waals surface area contributed by atoms with Crippen molar-refractivity contribution in [3.05, 3.63) is 175 Å². The quantitative estimate of drug-likeness (QED) is 0.188. The molecule has 2 aliphatic rings. The summed E-state index contributed by atoms with van der Waals surface area (Å²) in [4.78, 5) is 8.91. The number of allylic oxidation sites excluding steroid dienone is 3. The Morgan fingerprint density at radius 3 is 1.83 bits per heavy atom. The molecule has 0 spiro atoms. The number of hydrogen-bond acceptors (Lipinski definition) is 2. The third kappa shape index (κ3) is 4.21. The van der Waals surface area contributed by atoms with Crippen LogP contribution in [0.2, 0.25) is 0 Å². The first-order chi connectivity index (χ1) is 25.6. The molecule has 52 heavy (non-hydrogen) atoms. The summed E-state index contributed by atoms with van der Waals surface area (Å²) < 4.78 is 4.81. The molecule has 0 bridgehead atoms. The number of nitrogens with zero attached hydrogens (tertiary/aromatic N) is 4. The maximum absolute atomic E-state index is 4.66. The summed E-state index contributed by atoms with van der Waals surface area (Å²) in [5, 5.41) is 4.81. The van der Waals surface area contributed by atoms with Crippen LogP contribution in [0.3, 0.4) is 0 Å². The number of benzene rings is 5. The molecular weight excluding hydrogens is 633 g/mol. The molecule has 5 aromatic carbocycles. The maximum atomic E-state index is 4.66. The molecule has 0 radical (unpaired) electrons. The van der Waals surface area contributed by atoms with Crippen LogP contribution < -0.4 is 0 Å². The van der Waals surface area contributed by atoms with E-state index >= 15 is 0 Å². The third-order valence-corrected chi connectivity index (χ3v) is 11.5. The Morgan fingerprint density at radius 1 is 0.558 bits per heavy atom. The monoisotopic (exact) mass is 666 g/mol. The highest BCUT2D eigenvalue weighted by atomic mass is 15.0. The van der Waals surface area contributed by atoms with Gasteiger partial charge in [-0.15, -0.1) is 0 Å². The molecule has 2 aliphatic carbocycles. The molecule has 4 heteroatoms. The molecule has 11 rings (SSSR count). The molecule has 0 N–H and O–H groups in total. The summed E-state index contributed by atoms with van der Waals surface area (Å²) in [6.45, 7) is 7.00. The van der Waals surface area contributed by atoms with Gasteiger partial charge in [0.15, 0.2) is 0 Å². The number of aromatic nitrogens is 4. The van der Waals surface area contributed by atoms with Gasteiger partial charge in [-0.25, -0.2) is 0 Å². The van der Waals surface area contributed by atoms with Crippen molar-refractivity contribution >= 4 is 54.9 Å². The lowest BCUT2D eigenvalue weighted by Gasteiger charge is -2.18. The van der Waals surface area contributed by atoms with E-state index in [2.05, 4.69) is 154 Å². The zero-order valence-corrected chi connectivity index (χ0v) is 28.8. The van der Waals surface area contributed by atoms with Crippen LogP contribution in [0.5, 0.6) is 0 Å². The molecule has 0 saturated carbocycles. The van der Waals surface area contributed by atoms with Crippen molar-refractivity contribution in [2.24, 2.45) is 5.92 Å². The van der Waals surface area contributed by atoms with Gasteiger partial charge in [0.1, 0.15) is 0 Å². The minimum atomic E-state index is 0.299. The minimum Gasteiger partial charge on any atom is -0.313 e. The van der Waals surface area contributed by atoms with Gasteiger partial charge in [-0.3, -0.25) is 9.97 Å². The van der Waals surface area contributed by atoms with Crippen LogP contribution in [0, 0.1) is 5.92 Å². The first-order valence-electron chi connectivity index (χ1n) is 18.1. The van der Waals surface area contributed by atoms with E-state index in [1.807, 2.05) is 24.8 Å². The number of pyridine rings is 2. The molecule has 4 heterocycles. The maximum Gasteiger partial charge on any atom is 0.0571 e. The molecule has 4 aromatic heterocycles. The Bertz CT molecular complexity index is 2900. The predicted molar refractivity (Wildman–Crippen MR) is 216 cm³/mol. The highest BCUT2D eigenvalue weighted by Crippen LogP contribution is 2.43. The van der Waals surface area contributed by atoms with E-state index in [1.165, 1.54) is 99.5 Å². The number of hydrogen-bond donors (Lipinski definition) is 0. The number of fused-ring (bicyclic) bond motifs is 10. The van der Waals surface area contributed by atoms with Gasteiger partial charge in [-0.05, 0) is 118 Å². The van der Waals surface area contributed by atoms with Crippen LogP contribution in [0.15, 0.2) is 153 Å².